The maximum Gasteiger partial charge on any atom is 0.412 e. The van der Waals surface area contributed by atoms with Crippen LogP contribution in [0, 0.1) is 11.8 Å². The van der Waals surface area contributed by atoms with Crippen LogP contribution >= 0.6 is 7.60 Å². The van der Waals surface area contributed by atoms with Crippen LogP contribution in [0.25, 0.3) is 0 Å². The Balaban J connectivity index is 3.09. The van der Waals surface area contributed by atoms with E-state index in [0.717, 1.165) is 0 Å². The molecule has 0 heterocycles. The minimum atomic E-state index is -4.74. The Labute approximate surface area is 134 Å². The number of aliphatic hydroxyl groups is 1. The molecule has 8 heteroatoms. The predicted molar refractivity (Wildman–Crippen MR) is 81.5 cm³/mol. The fourth-order valence-electron chi connectivity index (χ4n) is 1.73. The lowest BCUT2D eigenvalue weighted by Crippen LogP contribution is -2.18. The maximum absolute atomic E-state index is 14.1. The summed E-state index contributed by atoms with van der Waals surface area (Å²) in [6.07, 6.45) is -1.53. The minimum Gasteiger partial charge on any atom is -0.496 e. The lowest BCUT2D eigenvalue weighted by Gasteiger charge is -2.21. The van der Waals surface area contributed by atoms with E-state index in [1.807, 2.05) is 5.92 Å². The molecule has 1 aromatic rings. The van der Waals surface area contributed by atoms with Crippen molar-refractivity contribution >= 4 is 7.60 Å². The summed E-state index contributed by atoms with van der Waals surface area (Å²) >= 11 is 0. The third kappa shape index (κ3) is 4.76. The van der Waals surface area contributed by atoms with Crippen LogP contribution in [0.3, 0.4) is 0 Å². The average Bonchev–Trinajstić information content (AvgIpc) is 2.53. The van der Waals surface area contributed by atoms with E-state index in [-0.39, 0.29) is 18.8 Å². The smallest absolute Gasteiger partial charge is 0.412 e. The van der Waals surface area contributed by atoms with E-state index in [1.165, 1.54) is 32.9 Å². The van der Waals surface area contributed by atoms with Gasteiger partial charge in [0.25, 0.3) is 0 Å². The number of hydrogen-bond donors (Lipinski definition) is 1. The molecule has 1 atom stereocenters. The number of ether oxygens (including phenoxy) is 1. The van der Waals surface area contributed by atoms with E-state index in [4.69, 9.17) is 4.74 Å². The highest BCUT2D eigenvalue weighted by Crippen LogP contribution is 2.61. The van der Waals surface area contributed by atoms with Gasteiger partial charge in [-0.05, 0) is 25.8 Å². The molecule has 0 fully saturated rings. The molecule has 0 aliphatic heterocycles. The van der Waals surface area contributed by atoms with Crippen LogP contribution in [-0.4, -0.2) is 31.1 Å². The van der Waals surface area contributed by atoms with Gasteiger partial charge in [-0.3, -0.25) is 4.57 Å². The highest BCUT2D eigenvalue weighted by Gasteiger charge is 2.52. The number of benzene rings is 1. The van der Waals surface area contributed by atoms with Crippen LogP contribution in [0.1, 0.15) is 25.5 Å². The van der Waals surface area contributed by atoms with Crippen molar-refractivity contribution in [1.29, 1.82) is 0 Å². The Kier molecular flexibility index (Phi) is 7.17. The molecule has 1 aromatic carbocycles. The predicted octanol–water partition coefficient (Wildman–Crippen LogP) is 3.59. The number of methoxy groups -OCH3 is 1. The first-order valence-corrected chi connectivity index (χ1v) is 8.46. The number of halogens is 2. The Morgan fingerprint density at radius 2 is 1.83 bits per heavy atom. The Morgan fingerprint density at radius 3 is 2.35 bits per heavy atom. The lowest BCUT2D eigenvalue weighted by molar-refractivity contribution is 0.0865. The van der Waals surface area contributed by atoms with Crippen molar-refractivity contribution in [2.45, 2.75) is 25.6 Å². The number of para-hydroxylation sites is 1. The monoisotopic (exact) mass is 348 g/mol. The van der Waals surface area contributed by atoms with Gasteiger partial charge in [-0.15, -0.1) is 0 Å². The molecular formula is C15H19F2O5P. The average molecular weight is 348 g/mol. The van der Waals surface area contributed by atoms with E-state index in [9.17, 15) is 18.5 Å². The third-order valence-electron chi connectivity index (χ3n) is 2.73. The molecule has 1 rings (SSSR count). The normalized spacial score (nSPS) is 13.1. The van der Waals surface area contributed by atoms with Crippen molar-refractivity contribution in [2.75, 3.05) is 20.3 Å². The number of aliphatic hydroxyl groups excluding tert-OH is 1. The third-order valence-corrected chi connectivity index (χ3v) is 4.73. The van der Waals surface area contributed by atoms with Gasteiger partial charge < -0.3 is 18.9 Å². The van der Waals surface area contributed by atoms with Crippen LogP contribution in [0.15, 0.2) is 24.3 Å². The van der Waals surface area contributed by atoms with Gasteiger partial charge >= 0.3 is 13.3 Å². The van der Waals surface area contributed by atoms with Crippen molar-refractivity contribution in [3.05, 3.63) is 29.8 Å². The van der Waals surface area contributed by atoms with Gasteiger partial charge in [0.15, 0.2) is 0 Å². The summed E-state index contributed by atoms with van der Waals surface area (Å²) in [7, 11) is -3.36. The summed E-state index contributed by atoms with van der Waals surface area (Å²) in [4.78, 5) is 0. The Bertz CT molecular complexity index is 614. The molecule has 0 aliphatic carbocycles. The number of rotatable bonds is 7. The summed E-state index contributed by atoms with van der Waals surface area (Å²) < 4.78 is 54.5. The molecule has 0 radical (unpaired) electrons. The molecule has 5 nitrogen and oxygen atoms in total. The Morgan fingerprint density at radius 1 is 1.26 bits per heavy atom. The second kappa shape index (κ2) is 8.42. The van der Waals surface area contributed by atoms with E-state index in [1.54, 1.807) is 18.2 Å². The number of hydrogen-bond acceptors (Lipinski definition) is 5. The highest BCUT2D eigenvalue weighted by atomic mass is 31.2. The van der Waals surface area contributed by atoms with Gasteiger partial charge in [0.2, 0.25) is 0 Å². The van der Waals surface area contributed by atoms with E-state index < -0.39 is 19.4 Å². The van der Waals surface area contributed by atoms with E-state index >= 15 is 0 Å². The van der Waals surface area contributed by atoms with Gasteiger partial charge in [-0.2, -0.15) is 8.78 Å². The molecule has 0 saturated carbocycles. The highest BCUT2D eigenvalue weighted by molar-refractivity contribution is 7.55. The molecule has 0 spiro atoms. The van der Waals surface area contributed by atoms with Crippen molar-refractivity contribution in [3.8, 4) is 17.6 Å². The second-order valence-electron chi connectivity index (χ2n) is 4.29. The zero-order chi connectivity index (χ0) is 17.5. The van der Waals surface area contributed by atoms with Gasteiger partial charge in [0.05, 0.1) is 20.3 Å². The van der Waals surface area contributed by atoms with Crippen LogP contribution in [0.4, 0.5) is 8.78 Å². The van der Waals surface area contributed by atoms with Crippen LogP contribution < -0.4 is 4.74 Å². The topological polar surface area (TPSA) is 65.0 Å². The lowest BCUT2D eigenvalue weighted by atomic mass is 10.1. The maximum atomic E-state index is 14.1. The zero-order valence-corrected chi connectivity index (χ0v) is 14.0. The summed E-state index contributed by atoms with van der Waals surface area (Å²) in [5.41, 5.74) is -3.82. The summed E-state index contributed by atoms with van der Waals surface area (Å²) in [6.45, 7) is 2.39. The summed E-state index contributed by atoms with van der Waals surface area (Å²) in [6, 6.07) is 6.31. The summed E-state index contributed by atoms with van der Waals surface area (Å²) in [5, 5.41) is 9.96. The number of alkyl halides is 2. The molecule has 128 valence electrons. The second-order valence-corrected chi connectivity index (χ2v) is 6.36. The van der Waals surface area contributed by atoms with Crippen molar-refractivity contribution in [1.82, 2.24) is 0 Å². The summed E-state index contributed by atoms with van der Waals surface area (Å²) in [5.74, 6) is 3.80. The molecule has 1 N–H and O–H groups in total. The first kappa shape index (κ1) is 19.6. The van der Waals surface area contributed by atoms with E-state index in [0.29, 0.717) is 5.75 Å². The zero-order valence-electron chi connectivity index (χ0n) is 13.1. The van der Waals surface area contributed by atoms with Crippen LogP contribution in [0.2, 0.25) is 0 Å². The first-order valence-electron chi connectivity index (χ1n) is 6.92. The Hall–Kier alpha value is -1.45. The van der Waals surface area contributed by atoms with Gasteiger partial charge in [-0.1, -0.05) is 24.1 Å². The molecule has 0 aromatic heterocycles. The van der Waals surface area contributed by atoms with Crippen LogP contribution in [0.5, 0.6) is 5.75 Å². The fraction of sp³-hybridized carbons (Fsp3) is 0.467. The molecule has 0 amide bonds. The minimum absolute atomic E-state index is 0.219. The van der Waals surface area contributed by atoms with E-state index in [2.05, 4.69) is 9.05 Å². The largest absolute Gasteiger partial charge is 0.496 e. The van der Waals surface area contributed by atoms with Gasteiger partial charge in [0, 0.05) is 5.56 Å². The van der Waals surface area contributed by atoms with Gasteiger partial charge in [-0.25, -0.2) is 0 Å². The fourth-order valence-corrected chi connectivity index (χ4v) is 3.01. The molecule has 23 heavy (non-hydrogen) atoms. The SMILES string of the molecule is CCOP(=O)(OCC)C(F)(F)C#CC(O)c1ccccc1OC. The molecule has 0 aliphatic rings. The van der Waals surface area contributed by atoms with Crippen molar-refractivity contribution in [3.63, 3.8) is 0 Å². The van der Waals surface area contributed by atoms with Crippen LogP contribution in [-0.2, 0) is 13.6 Å². The first-order chi connectivity index (χ1) is 10.8. The quantitative estimate of drug-likeness (QED) is 0.603. The standard InChI is InChI=1S/C15H19F2O5P/c1-4-21-23(19,22-5-2)15(16,17)11-10-13(18)12-8-6-7-9-14(12)20-3/h6-9,13,18H,4-5H2,1-3H3. The molecule has 0 saturated heterocycles. The van der Waals surface area contributed by atoms with Crippen molar-refractivity contribution in [2.24, 2.45) is 0 Å². The molecular weight excluding hydrogens is 329 g/mol. The molecule has 0 bridgehead atoms. The molecule has 1 unspecified atom stereocenters. The van der Waals surface area contributed by atoms with Crippen molar-refractivity contribution < 1.29 is 32.2 Å². The van der Waals surface area contributed by atoms with Gasteiger partial charge in [0.1, 0.15) is 11.9 Å².